The van der Waals surface area contributed by atoms with Crippen LogP contribution in [0.15, 0.2) is 64.6 Å². The second-order valence-corrected chi connectivity index (χ2v) is 7.07. The summed E-state index contributed by atoms with van der Waals surface area (Å²) in [6.07, 6.45) is 1.43. The van der Waals surface area contributed by atoms with Crippen LogP contribution in [-0.4, -0.2) is 23.6 Å². The van der Waals surface area contributed by atoms with Crippen molar-refractivity contribution in [2.24, 2.45) is 0 Å². The lowest BCUT2D eigenvalue weighted by atomic mass is 10.1. The van der Waals surface area contributed by atoms with Gasteiger partial charge in [-0.15, -0.1) is 0 Å². The molecule has 1 amide bonds. The molecular weight excluding hydrogens is 448 g/mol. The molecule has 1 heterocycles. The molecule has 2 N–H and O–H groups in total. The molecule has 3 rings (SSSR count). The van der Waals surface area contributed by atoms with Crippen LogP contribution in [0.4, 0.5) is 5.69 Å². The van der Waals surface area contributed by atoms with E-state index in [1.165, 1.54) is 18.2 Å². The number of nitrogens with zero attached hydrogens (tertiary/aromatic N) is 1. The molecule has 0 radical (unpaired) electrons. The zero-order chi connectivity index (χ0) is 23.8. The molecule has 33 heavy (non-hydrogen) atoms. The number of nitrogens with one attached hydrogen (secondary N) is 1. The Morgan fingerprint density at radius 3 is 2.52 bits per heavy atom. The number of furan rings is 1. The molecule has 0 aliphatic rings. The molecule has 0 fully saturated rings. The molecule has 0 unspecified atom stereocenters. The number of carbonyl (C=O) groups is 2. The van der Waals surface area contributed by atoms with E-state index < -0.39 is 11.9 Å². The van der Waals surface area contributed by atoms with Crippen molar-refractivity contribution in [2.45, 2.75) is 13.5 Å². The maximum absolute atomic E-state index is 12.5. The van der Waals surface area contributed by atoms with Crippen molar-refractivity contribution in [3.63, 3.8) is 0 Å². The van der Waals surface area contributed by atoms with Crippen molar-refractivity contribution in [1.29, 1.82) is 5.26 Å². The smallest absolute Gasteiger partial charge is 0.371 e. The van der Waals surface area contributed by atoms with Crippen molar-refractivity contribution in [3.05, 3.63) is 82.3 Å². The summed E-state index contributed by atoms with van der Waals surface area (Å²) in [6, 6.07) is 16.2. The van der Waals surface area contributed by atoms with Gasteiger partial charge in [-0.1, -0.05) is 17.7 Å². The second kappa shape index (κ2) is 10.9. The van der Waals surface area contributed by atoms with Gasteiger partial charge in [-0.2, -0.15) is 5.26 Å². The first-order chi connectivity index (χ1) is 15.9. The van der Waals surface area contributed by atoms with Gasteiger partial charge in [0.25, 0.3) is 5.91 Å². The van der Waals surface area contributed by atoms with E-state index >= 15 is 0 Å². The van der Waals surface area contributed by atoms with Crippen LogP contribution in [0.2, 0.25) is 5.02 Å². The fourth-order valence-corrected chi connectivity index (χ4v) is 2.89. The van der Waals surface area contributed by atoms with Gasteiger partial charge in [0, 0.05) is 10.7 Å². The number of amides is 1. The third-order valence-electron chi connectivity index (χ3n) is 4.29. The third kappa shape index (κ3) is 6.38. The van der Waals surface area contributed by atoms with Crippen LogP contribution in [0.3, 0.4) is 0 Å². The fourth-order valence-electron chi connectivity index (χ4n) is 2.77. The molecule has 8 nitrogen and oxygen atoms in total. The first kappa shape index (κ1) is 23.4. The van der Waals surface area contributed by atoms with Crippen molar-refractivity contribution < 1.29 is 28.6 Å². The Morgan fingerprint density at radius 1 is 1.12 bits per heavy atom. The van der Waals surface area contributed by atoms with Gasteiger partial charge < -0.3 is 24.3 Å². The molecule has 0 bridgehead atoms. The summed E-state index contributed by atoms with van der Waals surface area (Å²) in [7, 11) is 0. The second-order valence-electron chi connectivity index (χ2n) is 6.63. The van der Waals surface area contributed by atoms with Gasteiger partial charge in [-0.25, -0.2) is 4.79 Å². The summed E-state index contributed by atoms with van der Waals surface area (Å²) in [5.41, 5.74) is 0.964. The molecule has 0 spiro atoms. The molecule has 0 aliphatic heterocycles. The maximum atomic E-state index is 12.5. The number of nitriles is 1. The van der Waals surface area contributed by atoms with Gasteiger partial charge in [0.2, 0.25) is 5.76 Å². The molecular formula is C24H19ClN2O6. The highest BCUT2D eigenvalue weighted by molar-refractivity contribution is 6.30. The number of benzene rings is 2. The van der Waals surface area contributed by atoms with Crippen molar-refractivity contribution in [3.8, 4) is 17.6 Å². The highest BCUT2D eigenvalue weighted by atomic mass is 35.5. The Kier molecular flexibility index (Phi) is 7.73. The van der Waals surface area contributed by atoms with Gasteiger partial charge in [0.15, 0.2) is 11.5 Å². The van der Waals surface area contributed by atoms with Crippen LogP contribution < -0.4 is 14.8 Å². The summed E-state index contributed by atoms with van der Waals surface area (Å²) >= 11 is 5.84. The van der Waals surface area contributed by atoms with Gasteiger partial charge in [-0.05, 0) is 67.1 Å². The molecule has 168 valence electrons. The average Bonchev–Trinajstić information content (AvgIpc) is 3.28. The summed E-state index contributed by atoms with van der Waals surface area (Å²) in [5.74, 6) is -0.784. The van der Waals surface area contributed by atoms with Gasteiger partial charge >= 0.3 is 5.97 Å². The maximum Gasteiger partial charge on any atom is 0.371 e. The highest BCUT2D eigenvalue weighted by Crippen LogP contribution is 2.30. The minimum atomic E-state index is -1.17. The van der Waals surface area contributed by atoms with Crippen molar-refractivity contribution >= 4 is 35.2 Å². The lowest BCUT2D eigenvalue weighted by molar-refractivity contribution is -0.112. The van der Waals surface area contributed by atoms with Crippen molar-refractivity contribution in [2.75, 3.05) is 11.9 Å². The predicted octanol–water partition coefficient (Wildman–Crippen LogP) is 5.15. The van der Waals surface area contributed by atoms with Gasteiger partial charge in [0.1, 0.15) is 24.0 Å². The van der Waals surface area contributed by atoms with E-state index in [0.717, 1.165) is 0 Å². The number of hydrogen-bond acceptors (Lipinski definition) is 6. The lowest BCUT2D eigenvalue weighted by Crippen LogP contribution is -2.13. The average molecular weight is 467 g/mol. The Bertz CT molecular complexity index is 1220. The van der Waals surface area contributed by atoms with Crippen LogP contribution >= 0.6 is 11.6 Å². The van der Waals surface area contributed by atoms with Crippen LogP contribution in [0, 0.1) is 11.3 Å². The minimum absolute atomic E-state index is 0.00448. The SMILES string of the molecule is CCOc1cc(C=C(C#N)C(=O)Nc2ccc(Cl)cc2)ccc1OCc1ccc(C(=O)O)o1. The fraction of sp³-hybridized carbons (Fsp3) is 0.125. The largest absolute Gasteiger partial charge is 0.490 e. The van der Waals surface area contributed by atoms with Gasteiger partial charge in [-0.3, -0.25) is 4.79 Å². The first-order valence-corrected chi connectivity index (χ1v) is 10.2. The van der Waals surface area contributed by atoms with E-state index in [-0.39, 0.29) is 17.9 Å². The Hall–Kier alpha value is -4.22. The number of aromatic carboxylic acids is 1. The van der Waals surface area contributed by atoms with Gasteiger partial charge in [0.05, 0.1) is 6.61 Å². The van der Waals surface area contributed by atoms with Crippen LogP contribution in [0.5, 0.6) is 11.5 Å². The zero-order valence-corrected chi connectivity index (χ0v) is 18.3. The monoisotopic (exact) mass is 466 g/mol. The molecule has 1 aromatic heterocycles. The number of rotatable bonds is 9. The standard InChI is InChI=1S/C24H19ClN2O6/c1-2-31-22-12-15(3-9-20(22)32-14-19-8-10-21(33-19)24(29)30)11-16(13-26)23(28)27-18-6-4-17(25)5-7-18/h3-12H,2,14H2,1H3,(H,27,28)(H,29,30). The van der Waals surface area contributed by atoms with E-state index in [0.29, 0.717) is 40.1 Å². The van der Waals surface area contributed by atoms with Crippen LogP contribution in [-0.2, 0) is 11.4 Å². The van der Waals surface area contributed by atoms with Crippen LogP contribution in [0.25, 0.3) is 6.08 Å². The summed E-state index contributed by atoms with van der Waals surface area (Å²) < 4.78 is 16.5. The molecule has 0 aliphatic carbocycles. The normalized spacial score (nSPS) is 10.9. The molecule has 2 aromatic carbocycles. The molecule has 0 saturated heterocycles. The number of anilines is 1. The Labute approximate surface area is 194 Å². The quantitative estimate of drug-likeness (QED) is 0.330. The third-order valence-corrected chi connectivity index (χ3v) is 4.54. The van der Waals surface area contributed by atoms with Crippen LogP contribution in [0.1, 0.15) is 28.8 Å². The Morgan fingerprint density at radius 2 is 1.88 bits per heavy atom. The van der Waals surface area contributed by atoms with E-state index in [2.05, 4.69) is 5.32 Å². The Balaban J connectivity index is 1.76. The van der Waals surface area contributed by atoms with E-state index in [4.69, 9.17) is 30.6 Å². The lowest BCUT2D eigenvalue weighted by Gasteiger charge is -2.12. The number of carboxylic acid groups (broad SMARTS) is 1. The van der Waals surface area contributed by atoms with E-state index in [1.807, 2.05) is 6.07 Å². The summed E-state index contributed by atoms with van der Waals surface area (Å²) in [6.45, 7) is 2.16. The summed E-state index contributed by atoms with van der Waals surface area (Å²) in [5, 5.41) is 21.6. The van der Waals surface area contributed by atoms with Crippen molar-refractivity contribution in [1.82, 2.24) is 0 Å². The number of carbonyl (C=O) groups excluding carboxylic acids is 1. The predicted molar refractivity (Wildman–Crippen MR) is 121 cm³/mol. The minimum Gasteiger partial charge on any atom is -0.490 e. The first-order valence-electron chi connectivity index (χ1n) is 9.80. The van der Waals surface area contributed by atoms with E-state index in [9.17, 15) is 14.9 Å². The summed E-state index contributed by atoms with van der Waals surface area (Å²) in [4.78, 5) is 23.4. The molecule has 3 aromatic rings. The zero-order valence-electron chi connectivity index (χ0n) is 17.5. The molecule has 0 saturated carbocycles. The number of hydrogen-bond donors (Lipinski definition) is 2. The number of halogens is 1. The molecule has 9 heteroatoms. The van der Waals surface area contributed by atoms with E-state index in [1.54, 1.807) is 49.4 Å². The topological polar surface area (TPSA) is 122 Å². The number of carboxylic acids is 1. The highest BCUT2D eigenvalue weighted by Gasteiger charge is 2.13. The molecule has 0 atom stereocenters. The number of ether oxygens (including phenoxy) is 2.